The minimum Gasteiger partial charge on any atom is -0.449 e. The van der Waals surface area contributed by atoms with Gasteiger partial charge in [-0.15, -0.1) is 11.3 Å². The van der Waals surface area contributed by atoms with Crippen LogP contribution in [0.25, 0.3) is 0 Å². The molecule has 0 N–H and O–H groups in total. The van der Waals surface area contributed by atoms with Gasteiger partial charge in [0, 0.05) is 24.3 Å². The first-order chi connectivity index (χ1) is 14.0. The molecule has 2 aliphatic heterocycles. The average molecular weight is 435 g/mol. The third kappa shape index (κ3) is 4.38. The predicted octanol–water partition coefficient (Wildman–Crippen LogP) is 4.74. The Morgan fingerprint density at radius 3 is 2.45 bits per heavy atom. The largest absolute Gasteiger partial charge is 0.449 e. The monoisotopic (exact) mass is 434 g/mol. The maximum atomic E-state index is 12.3. The number of halogens is 1. The van der Waals surface area contributed by atoms with E-state index in [-0.39, 0.29) is 18.0 Å². The van der Waals surface area contributed by atoms with E-state index in [0.717, 1.165) is 12.1 Å². The lowest BCUT2D eigenvalue weighted by Gasteiger charge is -2.26. The smallest absolute Gasteiger partial charge is 0.414 e. The topological polar surface area (TPSA) is 76.2 Å². The highest BCUT2D eigenvalue weighted by molar-refractivity contribution is 7.18. The number of Topliss-reactive ketones (excluding diaryl/α,β-unsaturated/α-hetero) is 1. The van der Waals surface area contributed by atoms with E-state index in [9.17, 15) is 14.4 Å². The molecule has 0 radical (unpaired) electrons. The molecule has 7 nitrogen and oxygen atoms in total. The fourth-order valence-corrected chi connectivity index (χ4v) is 4.37. The molecule has 29 heavy (non-hydrogen) atoms. The van der Waals surface area contributed by atoms with Gasteiger partial charge < -0.3 is 9.47 Å². The molecule has 1 aromatic carbocycles. The van der Waals surface area contributed by atoms with Crippen molar-refractivity contribution in [2.75, 3.05) is 29.5 Å². The van der Waals surface area contributed by atoms with Crippen LogP contribution < -0.4 is 9.80 Å². The lowest BCUT2D eigenvalue weighted by Crippen LogP contribution is -2.37. The van der Waals surface area contributed by atoms with Crippen LogP contribution in [-0.4, -0.2) is 43.8 Å². The summed E-state index contributed by atoms with van der Waals surface area (Å²) in [6.45, 7) is 1.42. The maximum Gasteiger partial charge on any atom is 0.414 e. The molecule has 3 heterocycles. The number of anilines is 2. The van der Waals surface area contributed by atoms with E-state index in [1.807, 2.05) is 0 Å². The number of nitrogens with zero attached hydrogens (tertiary/aromatic N) is 2. The molecule has 1 aromatic heterocycles. The van der Waals surface area contributed by atoms with Crippen LogP contribution >= 0.6 is 22.9 Å². The summed E-state index contributed by atoms with van der Waals surface area (Å²) in [7, 11) is 0. The van der Waals surface area contributed by atoms with Crippen molar-refractivity contribution in [2.24, 2.45) is 0 Å². The number of thiophene rings is 1. The number of carbonyl (C=O) groups is 3. The SMILES string of the molecule is O=C(CC[C@H]1CN(c2ccc(N3CCCOC3=O)cc2)C(=O)O1)c1ccc(Cl)s1. The number of rotatable bonds is 6. The van der Waals surface area contributed by atoms with E-state index in [4.69, 9.17) is 21.1 Å². The Balaban J connectivity index is 1.35. The van der Waals surface area contributed by atoms with Gasteiger partial charge in [0.15, 0.2) is 5.78 Å². The fourth-order valence-electron chi connectivity index (χ4n) is 3.36. The van der Waals surface area contributed by atoms with Crippen LogP contribution in [0.3, 0.4) is 0 Å². The molecule has 0 bridgehead atoms. The number of cyclic esters (lactones) is 2. The predicted molar refractivity (Wildman–Crippen MR) is 110 cm³/mol. The first-order valence-corrected chi connectivity index (χ1v) is 10.5. The van der Waals surface area contributed by atoms with E-state index in [1.54, 1.807) is 41.3 Å². The quantitative estimate of drug-likeness (QED) is 0.614. The zero-order valence-corrected chi connectivity index (χ0v) is 17.1. The maximum absolute atomic E-state index is 12.3. The zero-order chi connectivity index (χ0) is 20.4. The van der Waals surface area contributed by atoms with Crippen molar-refractivity contribution in [3.05, 3.63) is 45.6 Å². The van der Waals surface area contributed by atoms with Crippen molar-refractivity contribution in [3.8, 4) is 0 Å². The molecular formula is C20H19ClN2O5S. The summed E-state index contributed by atoms with van der Waals surface area (Å²) < 4.78 is 11.0. The van der Waals surface area contributed by atoms with Gasteiger partial charge in [0.2, 0.25) is 0 Å². The molecule has 2 aromatic rings. The number of hydrogen-bond donors (Lipinski definition) is 0. The van der Waals surface area contributed by atoms with Crippen LogP contribution in [0.5, 0.6) is 0 Å². The summed E-state index contributed by atoms with van der Waals surface area (Å²) in [6.07, 6.45) is 0.378. The molecule has 0 aliphatic carbocycles. The summed E-state index contributed by atoms with van der Waals surface area (Å²) in [5.74, 6) is -0.00540. The van der Waals surface area contributed by atoms with Gasteiger partial charge in [-0.2, -0.15) is 0 Å². The van der Waals surface area contributed by atoms with Gasteiger partial charge in [0.25, 0.3) is 0 Å². The number of ether oxygens (including phenoxy) is 2. The number of ketones is 1. The van der Waals surface area contributed by atoms with E-state index in [1.165, 1.54) is 16.2 Å². The van der Waals surface area contributed by atoms with Gasteiger partial charge >= 0.3 is 12.2 Å². The summed E-state index contributed by atoms with van der Waals surface area (Å²) in [6, 6.07) is 10.5. The van der Waals surface area contributed by atoms with Crippen LogP contribution in [-0.2, 0) is 9.47 Å². The number of benzene rings is 1. The third-order valence-corrected chi connectivity index (χ3v) is 6.13. The van der Waals surface area contributed by atoms with Gasteiger partial charge in [0.1, 0.15) is 6.10 Å². The lowest BCUT2D eigenvalue weighted by atomic mass is 10.1. The molecule has 0 spiro atoms. The Labute approximate surface area is 176 Å². The molecular weight excluding hydrogens is 416 g/mol. The van der Waals surface area contributed by atoms with E-state index >= 15 is 0 Å². The molecule has 2 fully saturated rings. The molecule has 0 saturated carbocycles. The van der Waals surface area contributed by atoms with Crippen molar-refractivity contribution >= 4 is 52.3 Å². The minimum absolute atomic E-state index is 0.00540. The summed E-state index contributed by atoms with van der Waals surface area (Å²) in [4.78, 5) is 40.0. The van der Waals surface area contributed by atoms with Crippen molar-refractivity contribution in [2.45, 2.75) is 25.4 Å². The Morgan fingerprint density at radius 2 is 1.79 bits per heavy atom. The van der Waals surface area contributed by atoms with Crippen molar-refractivity contribution in [1.29, 1.82) is 0 Å². The van der Waals surface area contributed by atoms with Crippen molar-refractivity contribution in [3.63, 3.8) is 0 Å². The van der Waals surface area contributed by atoms with Gasteiger partial charge in [0.05, 0.1) is 22.4 Å². The minimum atomic E-state index is -0.438. The van der Waals surface area contributed by atoms with Gasteiger partial charge in [-0.05, 0) is 49.2 Å². The van der Waals surface area contributed by atoms with E-state index < -0.39 is 6.09 Å². The molecule has 2 aliphatic rings. The summed E-state index contributed by atoms with van der Waals surface area (Å²) in [5.41, 5.74) is 1.41. The number of hydrogen-bond acceptors (Lipinski definition) is 6. The molecule has 9 heteroatoms. The Morgan fingerprint density at radius 1 is 1.07 bits per heavy atom. The second-order valence-corrected chi connectivity index (χ2v) is 8.53. The molecule has 0 unspecified atom stereocenters. The van der Waals surface area contributed by atoms with Gasteiger partial charge in [-0.3, -0.25) is 14.6 Å². The summed E-state index contributed by atoms with van der Waals surface area (Å²) >= 11 is 7.12. The highest BCUT2D eigenvalue weighted by Gasteiger charge is 2.33. The van der Waals surface area contributed by atoms with Crippen LogP contribution in [0.1, 0.15) is 28.9 Å². The van der Waals surface area contributed by atoms with E-state index in [2.05, 4.69) is 0 Å². The van der Waals surface area contributed by atoms with Gasteiger partial charge in [-0.25, -0.2) is 9.59 Å². The molecule has 1 atom stereocenters. The fraction of sp³-hybridized carbons (Fsp3) is 0.350. The third-order valence-electron chi connectivity index (χ3n) is 4.86. The first-order valence-electron chi connectivity index (χ1n) is 9.32. The Kier molecular flexibility index (Phi) is 5.73. The van der Waals surface area contributed by atoms with Gasteiger partial charge in [-0.1, -0.05) is 11.6 Å². The Bertz CT molecular complexity index is 929. The standard InChI is InChI=1S/C20H19ClN2O5S/c21-18-9-8-17(29-18)16(24)7-6-15-12-23(20(26)28-15)14-4-2-13(3-5-14)22-10-1-11-27-19(22)25/h2-5,8-9,15H,1,6-7,10-12H2/t15-/m0/s1. The second-order valence-electron chi connectivity index (χ2n) is 6.82. The highest BCUT2D eigenvalue weighted by atomic mass is 35.5. The highest BCUT2D eigenvalue weighted by Crippen LogP contribution is 2.28. The average Bonchev–Trinajstić information content (AvgIpc) is 3.32. The van der Waals surface area contributed by atoms with Crippen molar-refractivity contribution in [1.82, 2.24) is 0 Å². The normalized spacial score (nSPS) is 19.3. The van der Waals surface area contributed by atoms with Crippen molar-refractivity contribution < 1.29 is 23.9 Å². The number of amides is 2. The second kappa shape index (κ2) is 8.42. The molecule has 4 rings (SSSR count). The van der Waals surface area contributed by atoms with Crippen LogP contribution in [0.15, 0.2) is 36.4 Å². The number of carbonyl (C=O) groups excluding carboxylic acids is 3. The summed E-state index contributed by atoms with van der Waals surface area (Å²) in [5, 5.41) is 0. The zero-order valence-electron chi connectivity index (χ0n) is 15.5. The molecule has 152 valence electrons. The van der Waals surface area contributed by atoms with E-state index in [0.29, 0.717) is 47.4 Å². The first kappa shape index (κ1) is 19.7. The van der Waals surface area contributed by atoms with Crippen LogP contribution in [0.2, 0.25) is 4.34 Å². The van der Waals surface area contributed by atoms with Crippen LogP contribution in [0, 0.1) is 0 Å². The van der Waals surface area contributed by atoms with Crippen LogP contribution in [0.4, 0.5) is 21.0 Å². The Hall–Kier alpha value is -2.58. The lowest BCUT2D eigenvalue weighted by molar-refractivity contribution is 0.0943. The molecule has 2 saturated heterocycles. The molecule has 2 amide bonds.